The van der Waals surface area contributed by atoms with E-state index in [2.05, 4.69) is 15.4 Å². The van der Waals surface area contributed by atoms with Crippen molar-refractivity contribution >= 4 is 11.6 Å². The molecule has 0 atom stereocenters. The predicted octanol–water partition coefficient (Wildman–Crippen LogP) is 2.39. The van der Waals surface area contributed by atoms with Crippen LogP contribution in [0.25, 0.3) is 5.65 Å². The van der Waals surface area contributed by atoms with E-state index in [-0.39, 0.29) is 12.0 Å². The number of pyridine rings is 1. The average Bonchev–Trinajstić information content (AvgIpc) is 2.91. The minimum Gasteiger partial charge on any atom is -0.396 e. The molecule has 2 aromatic rings. The molecule has 0 radical (unpaired) electrons. The molecule has 0 aliphatic heterocycles. The van der Waals surface area contributed by atoms with Crippen LogP contribution in [0.4, 0.5) is 5.95 Å². The molecule has 0 amide bonds. The molecule has 2 heterocycles. The Labute approximate surface area is 119 Å². The van der Waals surface area contributed by atoms with E-state index in [1.807, 2.05) is 29.6 Å². The van der Waals surface area contributed by atoms with E-state index in [1.165, 1.54) is 19.3 Å². The zero-order valence-electron chi connectivity index (χ0n) is 12.0. The summed E-state index contributed by atoms with van der Waals surface area (Å²) in [5.41, 5.74) is 1.93. The molecule has 108 valence electrons. The van der Waals surface area contributed by atoms with E-state index in [9.17, 15) is 5.11 Å². The Morgan fingerprint density at radius 2 is 2.10 bits per heavy atom. The molecule has 0 aromatic carbocycles. The van der Waals surface area contributed by atoms with E-state index in [0.717, 1.165) is 30.7 Å². The molecule has 5 heteroatoms. The van der Waals surface area contributed by atoms with Crippen LogP contribution in [0.2, 0.25) is 0 Å². The smallest absolute Gasteiger partial charge is 0.243 e. The van der Waals surface area contributed by atoms with Crippen molar-refractivity contribution in [1.82, 2.24) is 14.6 Å². The van der Waals surface area contributed by atoms with Crippen LogP contribution in [0.5, 0.6) is 0 Å². The predicted molar refractivity (Wildman–Crippen MR) is 78.8 cm³/mol. The molecule has 0 saturated heterocycles. The van der Waals surface area contributed by atoms with Gasteiger partial charge in [0.15, 0.2) is 5.65 Å². The van der Waals surface area contributed by atoms with Gasteiger partial charge in [0.05, 0.1) is 6.61 Å². The number of nitrogens with one attached hydrogen (secondary N) is 1. The van der Waals surface area contributed by atoms with Crippen LogP contribution in [0.3, 0.4) is 0 Å². The van der Waals surface area contributed by atoms with Crippen LogP contribution >= 0.6 is 0 Å². The molecule has 20 heavy (non-hydrogen) atoms. The fraction of sp³-hybridized carbons (Fsp3) is 0.600. The lowest BCUT2D eigenvalue weighted by Gasteiger charge is -2.35. The third-order valence-corrected chi connectivity index (χ3v) is 4.42. The maximum absolute atomic E-state index is 9.72. The summed E-state index contributed by atoms with van der Waals surface area (Å²) in [5.74, 6) is 0.651. The van der Waals surface area contributed by atoms with Crippen molar-refractivity contribution in [3.63, 3.8) is 0 Å². The Morgan fingerprint density at radius 1 is 1.30 bits per heavy atom. The minimum absolute atomic E-state index is 0.00474. The second-order valence-electron chi connectivity index (χ2n) is 5.94. The number of anilines is 1. The van der Waals surface area contributed by atoms with Gasteiger partial charge < -0.3 is 10.4 Å². The Hall–Kier alpha value is -1.62. The highest BCUT2D eigenvalue weighted by Crippen LogP contribution is 2.35. The molecule has 1 saturated carbocycles. The van der Waals surface area contributed by atoms with E-state index in [4.69, 9.17) is 0 Å². The van der Waals surface area contributed by atoms with Gasteiger partial charge in [-0.25, -0.2) is 4.52 Å². The van der Waals surface area contributed by atoms with Crippen LogP contribution in [-0.2, 0) is 0 Å². The van der Waals surface area contributed by atoms with E-state index in [0.29, 0.717) is 5.95 Å². The summed E-state index contributed by atoms with van der Waals surface area (Å²) in [7, 11) is 0. The van der Waals surface area contributed by atoms with Gasteiger partial charge in [-0.15, -0.1) is 5.10 Å². The zero-order chi connectivity index (χ0) is 14.0. The number of aryl methyl sites for hydroxylation is 1. The first-order valence-electron chi connectivity index (χ1n) is 7.40. The van der Waals surface area contributed by atoms with Crippen molar-refractivity contribution in [3.8, 4) is 0 Å². The lowest BCUT2D eigenvalue weighted by Crippen LogP contribution is -2.35. The topological polar surface area (TPSA) is 62.5 Å². The number of aliphatic hydroxyl groups excluding tert-OH is 1. The number of hydrogen-bond acceptors (Lipinski definition) is 4. The molecule has 0 spiro atoms. The highest BCUT2D eigenvalue weighted by molar-refractivity contribution is 5.44. The van der Waals surface area contributed by atoms with Gasteiger partial charge in [0, 0.05) is 17.7 Å². The molecule has 2 aromatic heterocycles. The highest BCUT2D eigenvalue weighted by Gasteiger charge is 2.31. The molecule has 1 fully saturated rings. The molecule has 5 nitrogen and oxygen atoms in total. The normalized spacial score (nSPS) is 18.3. The van der Waals surface area contributed by atoms with Gasteiger partial charge in [0.1, 0.15) is 0 Å². The molecular formula is C15H22N4O. The number of nitrogens with zero attached hydrogens (tertiary/aromatic N) is 3. The van der Waals surface area contributed by atoms with E-state index in [1.54, 1.807) is 0 Å². The van der Waals surface area contributed by atoms with E-state index < -0.39 is 0 Å². The second kappa shape index (κ2) is 5.40. The molecule has 0 unspecified atom stereocenters. The molecule has 1 aliphatic carbocycles. The van der Waals surface area contributed by atoms with Crippen molar-refractivity contribution in [2.45, 2.75) is 39.0 Å². The number of rotatable bonds is 4. The Kier molecular flexibility index (Phi) is 3.61. The minimum atomic E-state index is 0.00474. The van der Waals surface area contributed by atoms with Crippen LogP contribution in [-0.4, -0.2) is 32.9 Å². The summed E-state index contributed by atoms with van der Waals surface area (Å²) >= 11 is 0. The first-order valence-corrected chi connectivity index (χ1v) is 7.40. The first kappa shape index (κ1) is 13.4. The van der Waals surface area contributed by atoms with Crippen molar-refractivity contribution in [2.75, 3.05) is 18.5 Å². The molecule has 3 rings (SSSR count). The number of aromatic nitrogens is 3. The summed E-state index contributed by atoms with van der Waals surface area (Å²) in [6.45, 7) is 3.01. The van der Waals surface area contributed by atoms with Gasteiger partial charge in [-0.2, -0.15) is 4.98 Å². The van der Waals surface area contributed by atoms with Crippen LogP contribution in [0, 0.1) is 12.3 Å². The number of aliphatic hydroxyl groups is 1. The molecule has 1 aliphatic rings. The van der Waals surface area contributed by atoms with Gasteiger partial charge in [-0.1, -0.05) is 25.3 Å². The Morgan fingerprint density at radius 3 is 2.80 bits per heavy atom. The van der Waals surface area contributed by atoms with Crippen molar-refractivity contribution in [3.05, 3.63) is 23.9 Å². The van der Waals surface area contributed by atoms with Crippen LogP contribution in [0.1, 0.15) is 37.8 Å². The van der Waals surface area contributed by atoms with Crippen LogP contribution in [0.15, 0.2) is 18.2 Å². The fourth-order valence-electron chi connectivity index (χ4n) is 3.07. The lowest BCUT2D eigenvalue weighted by atomic mass is 9.74. The SMILES string of the molecule is Cc1cccc2nc(NCC3(CO)CCCCC3)nn12. The van der Waals surface area contributed by atoms with Gasteiger partial charge in [0.2, 0.25) is 5.95 Å². The number of hydrogen-bond donors (Lipinski definition) is 2. The largest absolute Gasteiger partial charge is 0.396 e. The monoisotopic (exact) mass is 274 g/mol. The summed E-state index contributed by atoms with van der Waals surface area (Å²) < 4.78 is 1.84. The molecule has 0 bridgehead atoms. The van der Waals surface area contributed by atoms with Gasteiger partial charge in [-0.3, -0.25) is 0 Å². The zero-order valence-corrected chi connectivity index (χ0v) is 12.0. The highest BCUT2D eigenvalue weighted by atomic mass is 16.3. The Balaban J connectivity index is 1.74. The maximum atomic E-state index is 9.72. The summed E-state index contributed by atoms with van der Waals surface area (Å²) in [4.78, 5) is 4.48. The standard InChI is InChI=1S/C15H22N4O/c1-12-6-5-7-13-17-14(18-19(12)13)16-10-15(11-20)8-3-2-4-9-15/h5-7,20H,2-4,8-11H2,1H3,(H,16,18). The fourth-order valence-corrected chi connectivity index (χ4v) is 3.07. The van der Waals surface area contributed by atoms with Crippen LogP contribution < -0.4 is 5.32 Å². The summed E-state index contributed by atoms with van der Waals surface area (Å²) in [6, 6.07) is 5.95. The third kappa shape index (κ3) is 2.50. The van der Waals surface area contributed by atoms with Crippen molar-refractivity contribution < 1.29 is 5.11 Å². The van der Waals surface area contributed by atoms with Crippen molar-refractivity contribution in [2.24, 2.45) is 5.41 Å². The van der Waals surface area contributed by atoms with Crippen molar-refractivity contribution in [1.29, 1.82) is 0 Å². The van der Waals surface area contributed by atoms with Gasteiger partial charge in [-0.05, 0) is 31.9 Å². The second-order valence-corrected chi connectivity index (χ2v) is 5.94. The first-order chi connectivity index (χ1) is 9.72. The quantitative estimate of drug-likeness (QED) is 0.898. The summed E-state index contributed by atoms with van der Waals surface area (Å²) in [5, 5.41) is 17.5. The maximum Gasteiger partial charge on any atom is 0.243 e. The lowest BCUT2D eigenvalue weighted by molar-refractivity contribution is 0.0942. The summed E-state index contributed by atoms with van der Waals surface area (Å²) in [6.07, 6.45) is 5.87. The average molecular weight is 274 g/mol. The van der Waals surface area contributed by atoms with Gasteiger partial charge in [0.25, 0.3) is 0 Å². The Bertz CT molecular complexity index is 587. The van der Waals surface area contributed by atoms with E-state index >= 15 is 0 Å². The third-order valence-electron chi connectivity index (χ3n) is 4.42. The van der Waals surface area contributed by atoms with Gasteiger partial charge >= 0.3 is 0 Å². The number of fused-ring (bicyclic) bond motifs is 1. The molecule has 2 N–H and O–H groups in total. The molecular weight excluding hydrogens is 252 g/mol.